The monoisotopic (exact) mass is 264 g/mol. The molecule has 0 atom stereocenters. The van der Waals surface area contributed by atoms with E-state index < -0.39 is 6.09 Å². The highest BCUT2D eigenvalue weighted by Gasteiger charge is 2.17. The van der Waals surface area contributed by atoms with Gasteiger partial charge in [0.1, 0.15) is 0 Å². The summed E-state index contributed by atoms with van der Waals surface area (Å²) < 4.78 is 4.90. The van der Waals surface area contributed by atoms with E-state index in [2.05, 4.69) is 16.7 Å². The van der Waals surface area contributed by atoms with Crippen molar-refractivity contribution in [3.8, 4) is 5.75 Å². The van der Waals surface area contributed by atoms with Gasteiger partial charge in [0.15, 0.2) is 5.75 Å². The van der Waals surface area contributed by atoms with E-state index in [1.807, 2.05) is 6.07 Å². The van der Waals surface area contributed by atoms with Gasteiger partial charge in [0.2, 0.25) is 0 Å². The predicted molar refractivity (Wildman–Crippen MR) is 75.4 cm³/mol. The smallest absolute Gasteiger partial charge is 0.408 e. The summed E-state index contributed by atoms with van der Waals surface area (Å²) >= 11 is 0. The maximum Gasteiger partial charge on any atom is 0.410 e. The lowest BCUT2D eigenvalue weighted by Gasteiger charge is -2.35. The zero-order valence-electron chi connectivity index (χ0n) is 11.1. The number of nitrogens with zero attached hydrogens (tertiary/aromatic N) is 2. The van der Waals surface area contributed by atoms with Crippen LogP contribution in [0.25, 0.3) is 0 Å². The SMILES string of the molecule is CCN1CCN(c2ccc(N)c(OC(N)=O)c2)CC1. The molecule has 6 nitrogen and oxygen atoms in total. The fourth-order valence-electron chi connectivity index (χ4n) is 2.24. The molecule has 19 heavy (non-hydrogen) atoms. The Bertz CT molecular complexity index is 456. The van der Waals surface area contributed by atoms with Crippen molar-refractivity contribution < 1.29 is 9.53 Å². The molecule has 0 spiro atoms. The highest BCUT2D eigenvalue weighted by Crippen LogP contribution is 2.28. The molecule has 104 valence electrons. The van der Waals surface area contributed by atoms with Gasteiger partial charge < -0.3 is 26.0 Å². The molecule has 1 aliphatic rings. The predicted octanol–water partition coefficient (Wildman–Crippen LogP) is 0.868. The zero-order chi connectivity index (χ0) is 13.8. The Balaban J connectivity index is 2.10. The first-order chi connectivity index (χ1) is 9.10. The maximum absolute atomic E-state index is 10.8. The van der Waals surface area contributed by atoms with Crippen LogP contribution in [0.1, 0.15) is 6.92 Å². The summed E-state index contributed by atoms with van der Waals surface area (Å²) in [6.45, 7) is 7.21. The second-order valence-corrected chi connectivity index (χ2v) is 4.56. The van der Waals surface area contributed by atoms with Gasteiger partial charge in [-0.25, -0.2) is 4.79 Å². The van der Waals surface area contributed by atoms with Gasteiger partial charge in [-0.2, -0.15) is 0 Å². The summed E-state index contributed by atoms with van der Waals surface area (Å²) in [5.41, 5.74) is 12.2. The lowest BCUT2D eigenvalue weighted by Crippen LogP contribution is -2.46. The minimum atomic E-state index is -0.848. The van der Waals surface area contributed by atoms with Crippen molar-refractivity contribution >= 4 is 17.5 Å². The summed E-state index contributed by atoms with van der Waals surface area (Å²) in [6, 6.07) is 5.44. The Labute approximate surface area is 112 Å². The number of carbonyl (C=O) groups is 1. The molecule has 4 N–H and O–H groups in total. The van der Waals surface area contributed by atoms with Crippen molar-refractivity contribution in [1.29, 1.82) is 0 Å². The average molecular weight is 264 g/mol. The van der Waals surface area contributed by atoms with Crippen molar-refractivity contribution in [3.05, 3.63) is 18.2 Å². The molecule has 1 fully saturated rings. The number of benzene rings is 1. The first-order valence-corrected chi connectivity index (χ1v) is 6.44. The number of hydrogen-bond donors (Lipinski definition) is 2. The van der Waals surface area contributed by atoms with Crippen molar-refractivity contribution in [2.45, 2.75) is 6.92 Å². The van der Waals surface area contributed by atoms with Crippen LogP contribution in [0.3, 0.4) is 0 Å². The van der Waals surface area contributed by atoms with Crippen molar-refractivity contribution in [1.82, 2.24) is 4.90 Å². The summed E-state index contributed by atoms with van der Waals surface area (Å²) in [5, 5.41) is 0. The average Bonchev–Trinajstić information content (AvgIpc) is 2.41. The van der Waals surface area contributed by atoms with Crippen molar-refractivity contribution in [3.63, 3.8) is 0 Å². The highest BCUT2D eigenvalue weighted by molar-refractivity contribution is 5.73. The molecule has 0 unspecified atom stereocenters. The van der Waals surface area contributed by atoms with Gasteiger partial charge in [-0.1, -0.05) is 6.92 Å². The Hall–Kier alpha value is -1.95. The van der Waals surface area contributed by atoms with Crippen LogP contribution in [0, 0.1) is 0 Å². The van der Waals surface area contributed by atoms with Crippen LogP contribution in [0.4, 0.5) is 16.2 Å². The summed E-state index contributed by atoms with van der Waals surface area (Å²) in [4.78, 5) is 15.5. The fourth-order valence-corrected chi connectivity index (χ4v) is 2.24. The zero-order valence-corrected chi connectivity index (χ0v) is 11.1. The molecule has 0 aliphatic carbocycles. The molecule has 0 radical (unpaired) electrons. The standard InChI is InChI=1S/C13H20N4O2/c1-2-16-5-7-17(8-6-16)10-3-4-11(14)12(9-10)19-13(15)18/h3-4,9H,2,5-8,14H2,1H3,(H2,15,18). The Morgan fingerprint density at radius 3 is 2.58 bits per heavy atom. The Kier molecular flexibility index (Phi) is 4.11. The quantitative estimate of drug-likeness (QED) is 0.791. The van der Waals surface area contributed by atoms with Crippen LogP contribution in [0.2, 0.25) is 0 Å². The van der Waals surface area contributed by atoms with Crippen LogP contribution in [0.5, 0.6) is 5.75 Å². The van der Waals surface area contributed by atoms with E-state index in [4.69, 9.17) is 16.2 Å². The van der Waals surface area contributed by atoms with Crippen LogP contribution < -0.4 is 21.1 Å². The number of carbonyl (C=O) groups excluding carboxylic acids is 1. The van der Waals surface area contributed by atoms with E-state index in [1.54, 1.807) is 12.1 Å². The van der Waals surface area contributed by atoms with Crippen LogP contribution in [-0.4, -0.2) is 43.7 Å². The molecule has 1 aromatic carbocycles. The van der Waals surface area contributed by atoms with Gasteiger partial charge in [-0.05, 0) is 18.7 Å². The molecule has 1 saturated heterocycles. The molecule has 1 aliphatic heterocycles. The fraction of sp³-hybridized carbons (Fsp3) is 0.462. The van der Waals surface area contributed by atoms with Gasteiger partial charge in [0.05, 0.1) is 5.69 Å². The topological polar surface area (TPSA) is 84.8 Å². The molecule has 0 saturated carbocycles. The third kappa shape index (κ3) is 3.29. The Morgan fingerprint density at radius 1 is 1.32 bits per heavy atom. The first kappa shape index (κ1) is 13.5. The minimum absolute atomic E-state index is 0.322. The number of nitrogen functional groups attached to an aromatic ring is 1. The van der Waals surface area contributed by atoms with Gasteiger partial charge in [0, 0.05) is 37.9 Å². The lowest BCUT2D eigenvalue weighted by atomic mass is 10.2. The van der Waals surface area contributed by atoms with E-state index >= 15 is 0 Å². The van der Waals surface area contributed by atoms with Crippen LogP contribution in [-0.2, 0) is 0 Å². The number of ether oxygens (including phenoxy) is 1. The normalized spacial score (nSPS) is 16.4. The van der Waals surface area contributed by atoms with Crippen molar-refractivity contribution in [2.24, 2.45) is 5.73 Å². The molecule has 1 aromatic rings. The minimum Gasteiger partial charge on any atom is -0.408 e. The van der Waals surface area contributed by atoms with Gasteiger partial charge in [-0.3, -0.25) is 0 Å². The van der Waals surface area contributed by atoms with Crippen LogP contribution in [0.15, 0.2) is 18.2 Å². The lowest BCUT2D eigenvalue weighted by molar-refractivity contribution is 0.211. The number of nitrogens with two attached hydrogens (primary N) is 2. The first-order valence-electron chi connectivity index (χ1n) is 6.44. The molecule has 6 heteroatoms. The number of piperazine rings is 1. The number of primary amides is 1. The molecule has 2 rings (SSSR count). The van der Waals surface area contributed by atoms with Crippen LogP contribution >= 0.6 is 0 Å². The molecular formula is C13H20N4O2. The second kappa shape index (κ2) is 5.79. The third-order valence-corrected chi connectivity index (χ3v) is 3.39. The highest BCUT2D eigenvalue weighted by atomic mass is 16.5. The number of amides is 1. The number of hydrogen-bond acceptors (Lipinski definition) is 5. The molecule has 0 bridgehead atoms. The van der Waals surface area contributed by atoms with E-state index in [0.717, 1.165) is 38.4 Å². The number of rotatable bonds is 3. The van der Waals surface area contributed by atoms with Crippen molar-refractivity contribution in [2.75, 3.05) is 43.4 Å². The van der Waals surface area contributed by atoms with E-state index in [9.17, 15) is 4.79 Å². The maximum atomic E-state index is 10.8. The summed E-state index contributed by atoms with van der Waals surface area (Å²) in [5.74, 6) is 0.322. The third-order valence-electron chi connectivity index (χ3n) is 3.39. The second-order valence-electron chi connectivity index (χ2n) is 4.56. The summed E-state index contributed by atoms with van der Waals surface area (Å²) in [6.07, 6.45) is -0.848. The molecular weight excluding hydrogens is 244 g/mol. The molecule has 0 aromatic heterocycles. The molecule has 1 heterocycles. The van der Waals surface area contributed by atoms with E-state index in [-0.39, 0.29) is 0 Å². The van der Waals surface area contributed by atoms with E-state index in [0.29, 0.717) is 11.4 Å². The number of likely N-dealkylation sites (N-methyl/N-ethyl adjacent to an activating group) is 1. The summed E-state index contributed by atoms with van der Waals surface area (Å²) in [7, 11) is 0. The largest absolute Gasteiger partial charge is 0.410 e. The van der Waals surface area contributed by atoms with Gasteiger partial charge >= 0.3 is 6.09 Å². The van der Waals surface area contributed by atoms with E-state index in [1.165, 1.54) is 0 Å². The van der Waals surface area contributed by atoms with Gasteiger partial charge in [-0.15, -0.1) is 0 Å². The Morgan fingerprint density at radius 2 is 2.00 bits per heavy atom. The molecule has 1 amide bonds. The number of anilines is 2. The van der Waals surface area contributed by atoms with Gasteiger partial charge in [0.25, 0.3) is 0 Å².